The third kappa shape index (κ3) is 5.13. The number of rotatable bonds is 8. The van der Waals surface area contributed by atoms with Crippen LogP contribution in [-0.4, -0.2) is 40.3 Å². The molecule has 8 nitrogen and oxygen atoms in total. The van der Waals surface area contributed by atoms with Crippen LogP contribution in [0.15, 0.2) is 53.7 Å². The molecule has 11 heteroatoms. The number of carbonyl (C=O) groups excluding carboxylic acids is 1. The van der Waals surface area contributed by atoms with Gasteiger partial charge in [-0.15, -0.1) is 10.2 Å². The van der Waals surface area contributed by atoms with Gasteiger partial charge in [-0.3, -0.25) is 4.79 Å². The predicted molar refractivity (Wildman–Crippen MR) is 105 cm³/mol. The number of anilines is 1. The highest BCUT2D eigenvalue weighted by atomic mass is 32.2. The lowest BCUT2D eigenvalue weighted by atomic mass is 10.2. The van der Waals surface area contributed by atoms with Crippen molar-refractivity contribution < 1.29 is 23.0 Å². The van der Waals surface area contributed by atoms with E-state index in [1.54, 1.807) is 19.2 Å². The van der Waals surface area contributed by atoms with E-state index in [1.165, 1.54) is 28.9 Å². The Morgan fingerprint density at radius 1 is 1.21 bits per heavy atom. The number of para-hydroxylation sites is 1. The Hall–Kier alpha value is -3.34. The molecule has 0 bridgehead atoms. The second-order valence-corrected chi connectivity index (χ2v) is 6.56. The van der Waals surface area contributed by atoms with Crippen LogP contribution in [0.25, 0.3) is 11.4 Å². The van der Waals surface area contributed by atoms with Crippen molar-refractivity contribution in [3.63, 3.8) is 0 Å². The van der Waals surface area contributed by atoms with Crippen molar-refractivity contribution in [1.29, 1.82) is 0 Å². The van der Waals surface area contributed by atoms with E-state index in [0.29, 0.717) is 28.0 Å². The smallest absolute Gasteiger partial charge is 0.387 e. The Balaban J connectivity index is 1.60. The number of ether oxygens (including phenoxy) is 2. The number of nitrogens with two attached hydrogens (primary N) is 1. The van der Waals surface area contributed by atoms with Crippen LogP contribution in [0.4, 0.5) is 14.5 Å². The Morgan fingerprint density at radius 2 is 1.93 bits per heavy atom. The molecule has 0 saturated carbocycles. The van der Waals surface area contributed by atoms with Crippen LogP contribution < -0.4 is 20.6 Å². The molecule has 0 saturated heterocycles. The summed E-state index contributed by atoms with van der Waals surface area (Å²) in [5.41, 5.74) is 1.12. The van der Waals surface area contributed by atoms with Crippen LogP contribution in [0.1, 0.15) is 0 Å². The van der Waals surface area contributed by atoms with E-state index in [2.05, 4.69) is 20.3 Å². The zero-order chi connectivity index (χ0) is 20.8. The van der Waals surface area contributed by atoms with Gasteiger partial charge >= 0.3 is 6.61 Å². The number of methoxy groups -OCH3 is 1. The molecule has 3 rings (SSSR count). The first-order valence-corrected chi connectivity index (χ1v) is 9.28. The molecule has 152 valence electrons. The van der Waals surface area contributed by atoms with Crippen molar-refractivity contribution in [3.05, 3.63) is 48.5 Å². The molecule has 1 amide bonds. The van der Waals surface area contributed by atoms with Gasteiger partial charge in [-0.2, -0.15) is 8.78 Å². The number of alkyl halides is 2. The van der Waals surface area contributed by atoms with Crippen molar-refractivity contribution in [2.75, 3.05) is 24.0 Å². The number of amides is 1. The van der Waals surface area contributed by atoms with Crippen molar-refractivity contribution in [2.24, 2.45) is 0 Å². The second-order valence-electron chi connectivity index (χ2n) is 5.62. The number of hydrogen-bond donors (Lipinski definition) is 2. The minimum Gasteiger partial charge on any atom is -0.496 e. The molecule has 0 radical (unpaired) electrons. The molecule has 0 aliphatic heterocycles. The van der Waals surface area contributed by atoms with E-state index >= 15 is 0 Å². The standard InChI is InChI=1S/C18H17F2N5O3S/c1-27-14-5-3-2-4-13(14)16-23-24-18(25(16)21)29-10-15(26)22-11-6-8-12(9-7-11)28-17(19)20/h2-9,17H,10,21H2,1H3,(H,22,26). The van der Waals surface area contributed by atoms with E-state index < -0.39 is 6.61 Å². The van der Waals surface area contributed by atoms with Gasteiger partial charge in [0.1, 0.15) is 11.5 Å². The highest BCUT2D eigenvalue weighted by Crippen LogP contribution is 2.29. The quantitative estimate of drug-likeness (QED) is 0.426. The molecular formula is C18H17F2N5O3S. The van der Waals surface area contributed by atoms with Crippen molar-refractivity contribution in [1.82, 2.24) is 14.9 Å². The predicted octanol–water partition coefficient (Wildman–Crippen LogP) is 3.00. The zero-order valence-corrected chi connectivity index (χ0v) is 16.0. The number of aromatic nitrogens is 3. The first-order chi connectivity index (χ1) is 14.0. The molecule has 0 spiro atoms. The van der Waals surface area contributed by atoms with Gasteiger partial charge in [0.05, 0.1) is 18.4 Å². The Morgan fingerprint density at radius 3 is 2.62 bits per heavy atom. The van der Waals surface area contributed by atoms with E-state index in [9.17, 15) is 13.6 Å². The zero-order valence-electron chi connectivity index (χ0n) is 15.2. The maximum atomic E-state index is 12.2. The minimum atomic E-state index is -2.90. The van der Waals surface area contributed by atoms with Gasteiger partial charge in [-0.1, -0.05) is 23.9 Å². The summed E-state index contributed by atoms with van der Waals surface area (Å²) >= 11 is 1.10. The number of hydrogen-bond acceptors (Lipinski definition) is 7. The topological polar surface area (TPSA) is 104 Å². The van der Waals surface area contributed by atoms with Crippen LogP contribution in [-0.2, 0) is 4.79 Å². The van der Waals surface area contributed by atoms with Crippen LogP contribution in [0.5, 0.6) is 11.5 Å². The maximum Gasteiger partial charge on any atom is 0.387 e. The molecule has 1 aromatic heterocycles. The molecule has 0 unspecified atom stereocenters. The van der Waals surface area contributed by atoms with Crippen LogP contribution in [0.3, 0.4) is 0 Å². The molecule has 1 heterocycles. The summed E-state index contributed by atoms with van der Waals surface area (Å²) in [6, 6.07) is 12.8. The summed E-state index contributed by atoms with van der Waals surface area (Å²) in [6.45, 7) is -2.90. The number of carbonyl (C=O) groups is 1. The molecule has 29 heavy (non-hydrogen) atoms. The summed E-state index contributed by atoms with van der Waals surface area (Å²) in [4.78, 5) is 12.1. The number of nitrogens with zero attached hydrogens (tertiary/aromatic N) is 3. The fraction of sp³-hybridized carbons (Fsp3) is 0.167. The van der Waals surface area contributed by atoms with Gasteiger partial charge < -0.3 is 20.6 Å². The lowest BCUT2D eigenvalue weighted by molar-refractivity contribution is -0.113. The molecule has 2 aromatic carbocycles. The second kappa shape index (κ2) is 9.24. The lowest BCUT2D eigenvalue weighted by Gasteiger charge is -2.08. The number of benzene rings is 2. The fourth-order valence-corrected chi connectivity index (χ4v) is 3.09. The Labute approximate surface area is 169 Å². The van der Waals surface area contributed by atoms with Gasteiger partial charge in [-0.05, 0) is 36.4 Å². The molecule has 0 fully saturated rings. The minimum absolute atomic E-state index is 0.00692. The number of thioether (sulfide) groups is 1. The van der Waals surface area contributed by atoms with Crippen LogP contribution in [0.2, 0.25) is 0 Å². The third-order valence-corrected chi connectivity index (χ3v) is 4.65. The van der Waals surface area contributed by atoms with E-state index in [4.69, 9.17) is 10.6 Å². The maximum absolute atomic E-state index is 12.2. The Kier molecular flexibility index (Phi) is 6.50. The summed E-state index contributed by atoms with van der Waals surface area (Å²) < 4.78 is 35.1. The van der Waals surface area contributed by atoms with Crippen LogP contribution >= 0.6 is 11.8 Å². The van der Waals surface area contributed by atoms with Gasteiger partial charge in [0.25, 0.3) is 0 Å². The third-order valence-electron chi connectivity index (χ3n) is 3.71. The fourth-order valence-electron chi connectivity index (χ4n) is 2.44. The summed E-state index contributed by atoms with van der Waals surface area (Å²) in [7, 11) is 1.54. The SMILES string of the molecule is COc1ccccc1-c1nnc(SCC(=O)Nc2ccc(OC(F)F)cc2)n1N. The average molecular weight is 421 g/mol. The van der Waals surface area contributed by atoms with Gasteiger partial charge in [0, 0.05) is 5.69 Å². The van der Waals surface area contributed by atoms with E-state index in [0.717, 1.165) is 11.8 Å². The summed E-state index contributed by atoms with van der Waals surface area (Å²) in [6.07, 6.45) is 0. The van der Waals surface area contributed by atoms with Gasteiger partial charge in [-0.25, -0.2) is 4.68 Å². The molecule has 0 aliphatic rings. The van der Waals surface area contributed by atoms with Crippen molar-refractivity contribution in [2.45, 2.75) is 11.8 Å². The van der Waals surface area contributed by atoms with Crippen molar-refractivity contribution >= 4 is 23.4 Å². The highest BCUT2D eigenvalue weighted by molar-refractivity contribution is 7.99. The lowest BCUT2D eigenvalue weighted by Crippen LogP contribution is -2.16. The molecule has 0 atom stereocenters. The van der Waals surface area contributed by atoms with E-state index in [-0.39, 0.29) is 17.4 Å². The first kappa shape index (κ1) is 20.4. The summed E-state index contributed by atoms with van der Waals surface area (Å²) in [5.74, 6) is 6.77. The normalized spacial score (nSPS) is 10.8. The molecular weight excluding hydrogens is 404 g/mol. The largest absolute Gasteiger partial charge is 0.496 e. The highest BCUT2D eigenvalue weighted by Gasteiger charge is 2.16. The van der Waals surface area contributed by atoms with Crippen molar-refractivity contribution in [3.8, 4) is 22.9 Å². The molecule has 3 aromatic rings. The van der Waals surface area contributed by atoms with E-state index in [1.807, 2.05) is 12.1 Å². The molecule has 3 N–H and O–H groups in total. The van der Waals surface area contributed by atoms with Crippen LogP contribution in [0, 0.1) is 0 Å². The number of nitrogens with one attached hydrogen (secondary N) is 1. The number of halogens is 2. The summed E-state index contributed by atoms with van der Waals surface area (Å²) in [5, 5.41) is 11.1. The Bertz CT molecular complexity index is 982. The monoisotopic (exact) mass is 421 g/mol. The first-order valence-electron chi connectivity index (χ1n) is 8.29. The van der Waals surface area contributed by atoms with Gasteiger partial charge in [0.2, 0.25) is 11.1 Å². The van der Waals surface area contributed by atoms with Gasteiger partial charge in [0.15, 0.2) is 5.82 Å². The average Bonchev–Trinajstić information content (AvgIpc) is 3.07. The molecule has 0 aliphatic carbocycles. The number of nitrogen functional groups attached to an aromatic ring is 1.